The molecule has 12 heavy (non-hydrogen) atoms. The SMILES string of the molecule is C=Cn1cc(CCN=C=O)cn1. The average molecular weight is 163 g/mol. The molecule has 1 heterocycles. The summed E-state index contributed by atoms with van der Waals surface area (Å²) in [4.78, 5) is 13.2. The number of hydrogen-bond acceptors (Lipinski definition) is 3. The number of hydrogen-bond donors (Lipinski definition) is 0. The standard InChI is InChI=1S/C8H9N3O/c1-2-11-6-8(5-10-11)3-4-9-7-12/h2,5-6H,1,3-4H2. The van der Waals surface area contributed by atoms with Gasteiger partial charge in [0.05, 0.1) is 12.7 Å². The molecule has 0 unspecified atom stereocenters. The number of carbonyl (C=O) groups excluding carboxylic acids is 1. The van der Waals surface area contributed by atoms with Gasteiger partial charge < -0.3 is 0 Å². The Bertz CT molecular complexity index is 310. The van der Waals surface area contributed by atoms with E-state index in [-0.39, 0.29) is 0 Å². The molecule has 4 heteroatoms. The Morgan fingerprint density at radius 3 is 3.25 bits per heavy atom. The summed E-state index contributed by atoms with van der Waals surface area (Å²) in [5.41, 5.74) is 1.04. The largest absolute Gasteiger partial charge is 0.249 e. The smallest absolute Gasteiger partial charge is 0.234 e. The third-order valence-corrected chi connectivity index (χ3v) is 1.42. The van der Waals surface area contributed by atoms with Crippen molar-refractivity contribution in [1.82, 2.24) is 9.78 Å². The highest BCUT2D eigenvalue weighted by molar-refractivity contribution is 5.33. The molecule has 0 saturated heterocycles. The van der Waals surface area contributed by atoms with Gasteiger partial charge in [-0.25, -0.2) is 14.5 Å². The van der Waals surface area contributed by atoms with Crippen LogP contribution in [0.15, 0.2) is 24.0 Å². The van der Waals surface area contributed by atoms with Gasteiger partial charge in [0.1, 0.15) is 0 Å². The van der Waals surface area contributed by atoms with Crippen LogP contribution in [0.2, 0.25) is 0 Å². The van der Waals surface area contributed by atoms with Crippen molar-refractivity contribution in [3.63, 3.8) is 0 Å². The third kappa shape index (κ3) is 2.18. The Hall–Kier alpha value is -1.67. The van der Waals surface area contributed by atoms with Crippen LogP contribution in [-0.2, 0) is 11.2 Å². The van der Waals surface area contributed by atoms with Crippen molar-refractivity contribution >= 4 is 12.3 Å². The van der Waals surface area contributed by atoms with Crippen LogP contribution in [0.5, 0.6) is 0 Å². The van der Waals surface area contributed by atoms with Crippen LogP contribution in [0.25, 0.3) is 6.20 Å². The molecule has 0 radical (unpaired) electrons. The maximum atomic E-state index is 9.73. The summed E-state index contributed by atoms with van der Waals surface area (Å²) in [5, 5.41) is 3.97. The number of nitrogens with zero attached hydrogens (tertiary/aromatic N) is 3. The minimum Gasteiger partial charge on any atom is -0.249 e. The van der Waals surface area contributed by atoms with Crippen LogP contribution >= 0.6 is 0 Å². The lowest BCUT2D eigenvalue weighted by Gasteiger charge is -1.87. The van der Waals surface area contributed by atoms with E-state index in [0.717, 1.165) is 5.56 Å². The Morgan fingerprint density at radius 2 is 2.67 bits per heavy atom. The summed E-state index contributed by atoms with van der Waals surface area (Å²) in [6, 6.07) is 0. The molecule has 0 aromatic carbocycles. The lowest BCUT2D eigenvalue weighted by atomic mass is 10.3. The van der Waals surface area contributed by atoms with Gasteiger partial charge in [0.15, 0.2) is 0 Å². The van der Waals surface area contributed by atoms with Crippen molar-refractivity contribution in [1.29, 1.82) is 0 Å². The van der Waals surface area contributed by atoms with E-state index in [2.05, 4.69) is 16.7 Å². The Morgan fingerprint density at radius 1 is 1.83 bits per heavy atom. The first kappa shape index (κ1) is 8.43. The lowest BCUT2D eigenvalue weighted by Crippen LogP contribution is -1.86. The molecule has 0 aliphatic carbocycles. The molecule has 0 bridgehead atoms. The maximum Gasteiger partial charge on any atom is 0.234 e. The fourth-order valence-electron chi connectivity index (χ4n) is 0.837. The second kappa shape index (κ2) is 4.26. The predicted octanol–water partition coefficient (Wildman–Crippen LogP) is 0.862. The topological polar surface area (TPSA) is 47.2 Å². The summed E-state index contributed by atoms with van der Waals surface area (Å²) in [7, 11) is 0. The molecule has 0 spiro atoms. The molecule has 0 fully saturated rings. The van der Waals surface area contributed by atoms with Gasteiger partial charge in [-0.1, -0.05) is 6.58 Å². The second-order valence-corrected chi connectivity index (χ2v) is 2.23. The summed E-state index contributed by atoms with van der Waals surface area (Å²) < 4.78 is 1.61. The Kier molecular flexibility index (Phi) is 2.99. The third-order valence-electron chi connectivity index (χ3n) is 1.42. The van der Waals surface area contributed by atoms with Gasteiger partial charge in [0.25, 0.3) is 0 Å². The van der Waals surface area contributed by atoms with E-state index >= 15 is 0 Å². The highest BCUT2D eigenvalue weighted by Crippen LogP contribution is 1.98. The summed E-state index contributed by atoms with van der Waals surface area (Å²) in [5.74, 6) is 0. The molecule has 0 aliphatic heterocycles. The van der Waals surface area contributed by atoms with Gasteiger partial charge in [0, 0.05) is 12.4 Å². The van der Waals surface area contributed by atoms with E-state index in [1.54, 1.807) is 17.1 Å². The van der Waals surface area contributed by atoms with E-state index in [4.69, 9.17) is 0 Å². The zero-order valence-corrected chi connectivity index (χ0v) is 6.60. The molecule has 0 amide bonds. The number of aliphatic imine (C=N–C) groups is 1. The minimum atomic E-state index is 0.465. The van der Waals surface area contributed by atoms with Crippen LogP contribution in [0.1, 0.15) is 5.56 Å². The number of aromatic nitrogens is 2. The normalized spacial score (nSPS) is 9.00. The Balaban J connectivity index is 2.52. The fourth-order valence-corrected chi connectivity index (χ4v) is 0.837. The average Bonchev–Trinajstić information content (AvgIpc) is 2.53. The van der Waals surface area contributed by atoms with E-state index in [1.807, 2.05) is 6.20 Å². The molecule has 4 nitrogen and oxygen atoms in total. The zero-order chi connectivity index (χ0) is 8.81. The maximum absolute atomic E-state index is 9.73. The molecule has 1 aromatic rings. The van der Waals surface area contributed by atoms with Crippen molar-refractivity contribution < 1.29 is 4.79 Å². The van der Waals surface area contributed by atoms with Gasteiger partial charge >= 0.3 is 0 Å². The molecule has 1 aromatic heterocycles. The van der Waals surface area contributed by atoms with Crippen LogP contribution in [0, 0.1) is 0 Å². The minimum absolute atomic E-state index is 0.465. The molecule has 0 aliphatic rings. The van der Waals surface area contributed by atoms with E-state index < -0.39 is 0 Å². The van der Waals surface area contributed by atoms with Gasteiger partial charge in [-0.2, -0.15) is 5.10 Å². The fraction of sp³-hybridized carbons (Fsp3) is 0.250. The molecule has 0 N–H and O–H groups in total. The van der Waals surface area contributed by atoms with Gasteiger partial charge in [-0.05, 0) is 12.0 Å². The van der Waals surface area contributed by atoms with Crippen molar-refractivity contribution in [2.24, 2.45) is 4.99 Å². The van der Waals surface area contributed by atoms with Crippen molar-refractivity contribution in [2.45, 2.75) is 6.42 Å². The van der Waals surface area contributed by atoms with Crippen LogP contribution in [0.4, 0.5) is 0 Å². The quantitative estimate of drug-likeness (QED) is 0.488. The van der Waals surface area contributed by atoms with Gasteiger partial charge in [-0.15, -0.1) is 0 Å². The van der Waals surface area contributed by atoms with Crippen LogP contribution in [0.3, 0.4) is 0 Å². The van der Waals surface area contributed by atoms with Crippen molar-refractivity contribution in [3.8, 4) is 0 Å². The highest BCUT2D eigenvalue weighted by Gasteiger charge is 1.94. The first-order chi connectivity index (χ1) is 5.86. The molecule has 1 rings (SSSR count). The van der Waals surface area contributed by atoms with Crippen LogP contribution < -0.4 is 0 Å². The first-order valence-corrected chi connectivity index (χ1v) is 3.56. The monoisotopic (exact) mass is 163 g/mol. The predicted molar refractivity (Wildman–Crippen MR) is 45.3 cm³/mol. The molecular weight excluding hydrogens is 154 g/mol. The first-order valence-electron chi connectivity index (χ1n) is 3.56. The van der Waals surface area contributed by atoms with E-state index in [9.17, 15) is 4.79 Å². The summed E-state index contributed by atoms with van der Waals surface area (Å²) in [6.07, 6.45) is 7.37. The summed E-state index contributed by atoms with van der Waals surface area (Å²) in [6.45, 7) is 4.02. The molecule has 62 valence electrons. The number of rotatable bonds is 4. The van der Waals surface area contributed by atoms with Gasteiger partial charge in [-0.3, -0.25) is 0 Å². The molecule has 0 atom stereocenters. The van der Waals surface area contributed by atoms with Gasteiger partial charge in [0.2, 0.25) is 6.08 Å². The lowest BCUT2D eigenvalue weighted by molar-refractivity contribution is 0.563. The number of isocyanates is 1. The molecular formula is C8H9N3O. The Labute approximate surface area is 70.2 Å². The van der Waals surface area contributed by atoms with E-state index in [0.29, 0.717) is 13.0 Å². The van der Waals surface area contributed by atoms with Crippen molar-refractivity contribution in [2.75, 3.05) is 6.54 Å². The molecule has 0 saturated carbocycles. The second-order valence-electron chi connectivity index (χ2n) is 2.23. The van der Waals surface area contributed by atoms with Crippen LogP contribution in [-0.4, -0.2) is 22.4 Å². The van der Waals surface area contributed by atoms with E-state index in [1.165, 1.54) is 6.08 Å². The van der Waals surface area contributed by atoms with Crippen molar-refractivity contribution in [3.05, 3.63) is 24.5 Å². The zero-order valence-electron chi connectivity index (χ0n) is 6.60. The summed E-state index contributed by atoms with van der Waals surface area (Å²) >= 11 is 0. The highest BCUT2D eigenvalue weighted by atomic mass is 16.1.